The third kappa shape index (κ3) is 32.2. The summed E-state index contributed by atoms with van der Waals surface area (Å²) in [6.45, 7) is 2.46. The maximum Gasteiger partial charge on any atom is 1.00 e. The molecule has 0 aromatic carbocycles. The SMILES string of the molecule is CC.CO.NC(N)=NCCCC(N)C(=O)NCC(=O)NC(CC(=O)O)C(=O)NC(C=O)CO.NCOC(=O)CC[O-].[K+]. The van der Waals surface area contributed by atoms with Crippen LogP contribution >= 0.6 is 0 Å². The van der Waals surface area contributed by atoms with Crippen LogP contribution in [0.3, 0.4) is 0 Å². The van der Waals surface area contributed by atoms with Crippen LogP contribution in [0.25, 0.3) is 0 Å². The minimum atomic E-state index is -1.51. The summed E-state index contributed by atoms with van der Waals surface area (Å²) in [6.07, 6.45) is 0.0845. The van der Waals surface area contributed by atoms with Crippen LogP contribution in [0.2, 0.25) is 0 Å². The van der Waals surface area contributed by atoms with Crippen molar-refractivity contribution in [2.75, 3.05) is 40.1 Å². The van der Waals surface area contributed by atoms with E-state index in [9.17, 15) is 33.9 Å². The number of guanidine groups is 1. The second kappa shape index (κ2) is 34.9. The predicted molar refractivity (Wildman–Crippen MR) is 144 cm³/mol. The van der Waals surface area contributed by atoms with Crippen molar-refractivity contribution in [1.29, 1.82) is 0 Å². The number of aliphatic hydroxyl groups is 2. The van der Waals surface area contributed by atoms with Gasteiger partial charge in [0, 0.05) is 20.1 Å². The van der Waals surface area contributed by atoms with Crippen molar-refractivity contribution in [2.24, 2.45) is 27.9 Å². The van der Waals surface area contributed by atoms with E-state index in [1.807, 2.05) is 13.8 Å². The standard InChI is InChI=1S/C15H27N7O7.C4H8NO3.C2H6.CH4O.K/c16-9(2-1-3-19-15(17)18)13(28)20-5-11(25)22-10(4-12(26)27)14(29)21-8(6-23)7-24;5-3-8-4(7)1-2-6;2*1-2;/h6,8-10,24H,1-5,7,16H2,(H,20,28)(H,21,29)(H,22,25)(H,26,27)(H4,17,18,19);1-3,5H2;1-2H3;2H,1H3;/q;-1;;;+1. The summed E-state index contributed by atoms with van der Waals surface area (Å²) in [6, 6.07) is -3.68. The van der Waals surface area contributed by atoms with Crippen LogP contribution in [0.1, 0.15) is 39.5 Å². The number of esters is 1. The fraction of sp³-hybridized carbons (Fsp3) is 0.682. The van der Waals surface area contributed by atoms with E-state index in [4.69, 9.17) is 38.3 Å². The zero-order valence-electron chi connectivity index (χ0n) is 24.5. The van der Waals surface area contributed by atoms with Crippen LogP contribution in [0, 0.1) is 0 Å². The number of carboxylic acids is 1. The summed E-state index contributed by atoms with van der Waals surface area (Å²) in [5, 5.41) is 40.9. The summed E-state index contributed by atoms with van der Waals surface area (Å²) < 4.78 is 4.22. The molecule has 3 unspecified atom stereocenters. The number of nitrogens with two attached hydrogens (primary N) is 4. The molecular weight excluding hydrogens is 591 g/mol. The Bertz CT molecular complexity index is 779. The molecule has 20 heteroatoms. The minimum Gasteiger partial charge on any atom is -0.854 e. The van der Waals surface area contributed by atoms with Gasteiger partial charge in [-0.25, -0.2) is 0 Å². The molecule has 0 rings (SSSR count). The Kier molecular flexibility index (Phi) is 41.1. The fourth-order valence-corrected chi connectivity index (χ4v) is 2.23. The van der Waals surface area contributed by atoms with Gasteiger partial charge < -0.3 is 63.1 Å². The predicted octanol–water partition coefficient (Wildman–Crippen LogP) is -9.05. The van der Waals surface area contributed by atoms with Gasteiger partial charge in [-0.2, -0.15) is 0 Å². The van der Waals surface area contributed by atoms with Crippen molar-refractivity contribution < 1.29 is 105 Å². The second-order valence-corrected chi connectivity index (χ2v) is 7.06. The number of carbonyl (C=O) groups excluding carboxylic acids is 5. The maximum atomic E-state index is 12.0. The van der Waals surface area contributed by atoms with Gasteiger partial charge in [0.05, 0.1) is 25.6 Å². The van der Waals surface area contributed by atoms with Gasteiger partial charge in [0.15, 0.2) is 5.96 Å². The first kappa shape index (κ1) is 49.4. The largest absolute Gasteiger partial charge is 1.00 e. The van der Waals surface area contributed by atoms with E-state index in [2.05, 4.69) is 25.7 Å². The number of nitrogens with zero attached hydrogens (tertiary/aromatic N) is 1. The molecular formula is C22H45KN8O11. The van der Waals surface area contributed by atoms with Crippen LogP contribution in [-0.4, -0.2) is 115 Å². The number of aliphatic imine (C=N–C) groups is 1. The molecule has 0 saturated heterocycles. The Labute approximate surface area is 287 Å². The number of carboxylic acid groups (broad SMARTS) is 1. The Balaban J connectivity index is -0.000000297. The third-order valence-corrected chi connectivity index (χ3v) is 4.00. The van der Waals surface area contributed by atoms with Crippen LogP contribution in [0.15, 0.2) is 4.99 Å². The number of aliphatic hydroxyl groups excluding tert-OH is 2. The number of hydrogen-bond acceptors (Lipinski definition) is 13. The number of ether oxygens (including phenoxy) is 1. The number of nitrogens with one attached hydrogen (secondary N) is 3. The summed E-state index contributed by atoms with van der Waals surface area (Å²) in [5.74, 6) is -4.45. The first-order chi connectivity index (χ1) is 19.4. The number of aldehydes is 1. The Morgan fingerprint density at radius 1 is 1.07 bits per heavy atom. The zero-order chi connectivity index (χ0) is 32.8. The molecule has 14 N–H and O–H groups in total. The fourth-order valence-electron chi connectivity index (χ4n) is 2.23. The average Bonchev–Trinajstić information content (AvgIpc) is 2.94. The van der Waals surface area contributed by atoms with Gasteiger partial charge in [0.25, 0.3) is 0 Å². The van der Waals surface area contributed by atoms with Gasteiger partial charge in [-0.05, 0) is 12.8 Å². The summed E-state index contributed by atoms with van der Waals surface area (Å²) in [7, 11) is 1.00. The number of hydrogen-bond donors (Lipinski definition) is 10. The van der Waals surface area contributed by atoms with Gasteiger partial charge in [-0.1, -0.05) is 13.8 Å². The van der Waals surface area contributed by atoms with Gasteiger partial charge in [0.1, 0.15) is 25.1 Å². The maximum absolute atomic E-state index is 12.0. The molecule has 0 saturated carbocycles. The second-order valence-electron chi connectivity index (χ2n) is 7.06. The van der Waals surface area contributed by atoms with E-state index in [0.717, 1.165) is 7.11 Å². The minimum absolute atomic E-state index is 0. The third-order valence-electron chi connectivity index (χ3n) is 4.00. The normalized spacial score (nSPS) is 11.1. The quantitative estimate of drug-likeness (QED) is 0.0135. The van der Waals surface area contributed by atoms with E-state index in [0.29, 0.717) is 6.42 Å². The number of aliphatic carboxylic acids is 1. The number of rotatable bonds is 17. The van der Waals surface area contributed by atoms with E-state index < -0.39 is 74.0 Å². The molecule has 0 spiro atoms. The van der Waals surface area contributed by atoms with Crippen molar-refractivity contribution >= 4 is 41.9 Å². The molecule has 42 heavy (non-hydrogen) atoms. The van der Waals surface area contributed by atoms with Crippen LogP contribution in [0.5, 0.6) is 0 Å². The van der Waals surface area contributed by atoms with Crippen LogP contribution in [0.4, 0.5) is 0 Å². The first-order valence-electron chi connectivity index (χ1n) is 12.3. The van der Waals surface area contributed by atoms with E-state index in [1.165, 1.54) is 0 Å². The summed E-state index contributed by atoms with van der Waals surface area (Å²) in [4.78, 5) is 71.2. The van der Waals surface area contributed by atoms with Crippen molar-refractivity contribution in [1.82, 2.24) is 16.0 Å². The molecule has 0 aliphatic heterocycles. The van der Waals surface area contributed by atoms with Gasteiger partial charge >= 0.3 is 63.3 Å². The van der Waals surface area contributed by atoms with Crippen molar-refractivity contribution in [2.45, 2.75) is 57.7 Å². The molecule has 0 heterocycles. The molecule has 0 aliphatic rings. The average molecular weight is 637 g/mol. The van der Waals surface area contributed by atoms with Crippen molar-refractivity contribution in [3.8, 4) is 0 Å². The molecule has 0 bridgehead atoms. The number of amides is 3. The molecule has 0 aromatic rings. The molecule has 3 atom stereocenters. The molecule has 0 fully saturated rings. The van der Waals surface area contributed by atoms with Gasteiger partial charge in [-0.15, -0.1) is 6.61 Å². The van der Waals surface area contributed by atoms with E-state index in [1.54, 1.807) is 0 Å². The smallest absolute Gasteiger partial charge is 0.854 e. The molecule has 19 nitrogen and oxygen atoms in total. The molecule has 0 aromatic heterocycles. The van der Waals surface area contributed by atoms with E-state index in [-0.39, 0.29) is 89.7 Å². The summed E-state index contributed by atoms with van der Waals surface area (Å²) in [5.41, 5.74) is 20.8. The van der Waals surface area contributed by atoms with Crippen molar-refractivity contribution in [3.63, 3.8) is 0 Å². The van der Waals surface area contributed by atoms with Gasteiger partial charge in [0.2, 0.25) is 17.7 Å². The monoisotopic (exact) mass is 636 g/mol. The molecule has 240 valence electrons. The Hall–Kier alpha value is -2.27. The topological polar surface area (TPSA) is 348 Å². The molecule has 3 amide bonds. The zero-order valence-corrected chi connectivity index (χ0v) is 27.7. The Morgan fingerprint density at radius 3 is 2.07 bits per heavy atom. The van der Waals surface area contributed by atoms with E-state index >= 15 is 0 Å². The van der Waals surface area contributed by atoms with Crippen LogP contribution < -0.4 is 95.4 Å². The van der Waals surface area contributed by atoms with Crippen molar-refractivity contribution in [3.05, 3.63) is 0 Å². The Morgan fingerprint density at radius 2 is 1.64 bits per heavy atom. The first-order valence-corrected chi connectivity index (χ1v) is 12.3. The van der Waals surface area contributed by atoms with Crippen LogP contribution in [-0.2, 0) is 33.5 Å². The van der Waals surface area contributed by atoms with Gasteiger partial charge in [-0.3, -0.25) is 34.7 Å². The summed E-state index contributed by atoms with van der Waals surface area (Å²) >= 11 is 0. The molecule has 0 radical (unpaired) electrons. The molecule has 0 aliphatic carbocycles. The number of carbonyl (C=O) groups is 6.